The van der Waals surface area contributed by atoms with Crippen LogP contribution in [0.2, 0.25) is 0 Å². The normalized spacial score (nSPS) is 17.5. The lowest BCUT2D eigenvalue weighted by Crippen LogP contribution is -2.28. The number of nitrogens with one attached hydrogen (secondary N) is 2. The zero-order valence-corrected chi connectivity index (χ0v) is 14.7. The van der Waals surface area contributed by atoms with E-state index >= 15 is 0 Å². The summed E-state index contributed by atoms with van der Waals surface area (Å²) in [7, 11) is 4.28. The summed E-state index contributed by atoms with van der Waals surface area (Å²) in [5, 5.41) is 5.19. The minimum atomic E-state index is 0. The third-order valence-corrected chi connectivity index (χ3v) is 4.54. The summed E-state index contributed by atoms with van der Waals surface area (Å²) in [4.78, 5) is 5.92. The smallest absolute Gasteiger partial charge is 0.0476 e. The van der Waals surface area contributed by atoms with Crippen LogP contribution in [0.5, 0.6) is 0 Å². The number of hydrogen-bond donors (Lipinski definition) is 2. The Bertz CT molecular complexity index is 618. The van der Waals surface area contributed by atoms with Gasteiger partial charge in [0.2, 0.25) is 0 Å². The van der Waals surface area contributed by atoms with E-state index in [1.54, 1.807) is 5.56 Å². The van der Waals surface area contributed by atoms with Crippen molar-refractivity contribution >= 4 is 23.3 Å². The lowest BCUT2D eigenvalue weighted by atomic mass is 9.91. The highest BCUT2D eigenvalue weighted by atomic mass is 35.5. The molecule has 1 unspecified atom stereocenters. The van der Waals surface area contributed by atoms with Crippen LogP contribution >= 0.6 is 12.4 Å². The molecule has 2 aromatic rings. The number of fused-ring (bicyclic) bond motifs is 3. The predicted octanol–water partition coefficient (Wildman–Crippen LogP) is 3.82. The van der Waals surface area contributed by atoms with Crippen LogP contribution in [-0.2, 0) is 6.42 Å². The van der Waals surface area contributed by atoms with Crippen molar-refractivity contribution in [3.05, 3.63) is 35.0 Å². The quantitative estimate of drug-likeness (QED) is 0.820. The van der Waals surface area contributed by atoms with Crippen LogP contribution in [0.4, 0.5) is 0 Å². The number of aryl methyl sites for hydroxylation is 2. The molecule has 22 heavy (non-hydrogen) atoms. The van der Waals surface area contributed by atoms with Crippen LogP contribution in [0.15, 0.2) is 18.2 Å². The second-order valence-electron chi connectivity index (χ2n) is 6.62. The molecule has 3 nitrogen and oxygen atoms in total. The average Bonchev–Trinajstić information content (AvgIpc) is 2.82. The number of benzene rings is 1. The molecule has 1 aliphatic carbocycles. The van der Waals surface area contributed by atoms with E-state index < -0.39 is 0 Å². The van der Waals surface area contributed by atoms with Crippen molar-refractivity contribution in [2.45, 2.75) is 38.6 Å². The molecule has 1 atom stereocenters. The summed E-state index contributed by atoms with van der Waals surface area (Å²) in [6, 6.07) is 7.26. The first-order chi connectivity index (χ1) is 10.1. The van der Waals surface area contributed by atoms with Crippen LogP contribution < -0.4 is 5.32 Å². The molecule has 0 bridgehead atoms. The monoisotopic (exact) mass is 321 g/mol. The van der Waals surface area contributed by atoms with Crippen molar-refractivity contribution < 1.29 is 0 Å². The summed E-state index contributed by atoms with van der Waals surface area (Å²) in [6.07, 6.45) is 4.97. The number of hydrogen-bond acceptors (Lipinski definition) is 2. The fourth-order valence-electron chi connectivity index (χ4n) is 3.45. The molecule has 3 rings (SSSR count). The standard InChI is InChI=1S/C18H27N3.ClH/c1-13-8-9-16-15(12-13)14-6-4-7-17(18(14)20-16)19-10-5-11-21(2)3;/h8-9,12,17,19-20H,4-7,10-11H2,1-3H3;1H. The maximum absolute atomic E-state index is 3.75. The molecule has 0 amide bonds. The summed E-state index contributed by atoms with van der Waals surface area (Å²) in [6.45, 7) is 4.42. The van der Waals surface area contributed by atoms with Crippen LogP contribution in [0.1, 0.15) is 42.1 Å². The number of aromatic amines is 1. The number of nitrogens with zero attached hydrogens (tertiary/aromatic N) is 1. The van der Waals surface area contributed by atoms with E-state index in [-0.39, 0.29) is 12.4 Å². The summed E-state index contributed by atoms with van der Waals surface area (Å²) < 4.78 is 0. The van der Waals surface area contributed by atoms with Crippen molar-refractivity contribution in [2.75, 3.05) is 27.2 Å². The van der Waals surface area contributed by atoms with Gasteiger partial charge in [-0.05, 0) is 77.5 Å². The number of rotatable bonds is 5. The third-order valence-electron chi connectivity index (χ3n) is 4.54. The van der Waals surface area contributed by atoms with Crippen molar-refractivity contribution in [3.63, 3.8) is 0 Å². The van der Waals surface area contributed by atoms with Crippen molar-refractivity contribution in [1.29, 1.82) is 0 Å². The summed E-state index contributed by atoms with van der Waals surface area (Å²) in [5.74, 6) is 0. The largest absolute Gasteiger partial charge is 0.357 e. The second-order valence-corrected chi connectivity index (χ2v) is 6.62. The molecule has 0 saturated carbocycles. The van der Waals surface area contributed by atoms with E-state index in [0.717, 1.165) is 13.1 Å². The Morgan fingerprint density at radius 3 is 2.91 bits per heavy atom. The van der Waals surface area contributed by atoms with Gasteiger partial charge < -0.3 is 15.2 Å². The number of halogens is 1. The van der Waals surface area contributed by atoms with E-state index in [2.05, 4.69) is 54.4 Å². The molecule has 0 saturated heterocycles. The lowest BCUT2D eigenvalue weighted by molar-refractivity contribution is 0.377. The van der Waals surface area contributed by atoms with Crippen LogP contribution in [-0.4, -0.2) is 37.1 Å². The molecule has 1 aromatic heterocycles. The van der Waals surface area contributed by atoms with Gasteiger partial charge in [-0.15, -0.1) is 12.4 Å². The Morgan fingerprint density at radius 1 is 1.32 bits per heavy atom. The third kappa shape index (κ3) is 3.65. The Labute approximate surface area is 139 Å². The van der Waals surface area contributed by atoms with Crippen LogP contribution in [0, 0.1) is 6.92 Å². The van der Waals surface area contributed by atoms with Crippen molar-refractivity contribution in [3.8, 4) is 0 Å². The molecule has 0 fully saturated rings. The highest BCUT2D eigenvalue weighted by Gasteiger charge is 2.23. The van der Waals surface area contributed by atoms with E-state index in [4.69, 9.17) is 0 Å². The molecular weight excluding hydrogens is 294 g/mol. The molecule has 1 aromatic carbocycles. The van der Waals surface area contributed by atoms with E-state index in [1.165, 1.54) is 47.8 Å². The molecule has 1 heterocycles. The van der Waals surface area contributed by atoms with Gasteiger partial charge in [-0.25, -0.2) is 0 Å². The molecule has 2 N–H and O–H groups in total. The van der Waals surface area contributed by atoms with Gasteiger partial charge in [-0.1, -0.05) is 11.6 Å². The molecule has 4 heteroatoms. The topological polar surface area (TPSA) is 31.1 Å². The van der Waals surface area contributed by atoms with Gasteiger partial charge in [-0.2, -0.15) is 0 Å². The lowest BCUT2D eigenvalue weighted by Gasteiger charge is -2.24. The minimum absolute atomic E-state index is 0. The van der Waals surface area contributed by atoms with Crippen LogP contribution in [0.25, 0.3) is 10.9 Å². The molecule has 0 spiro atoms. The summed E-state index contributed by atoms with van der Waals surface area (Å²) >= 11 is 0. The Morgan fingerprint density at radius 2 is 2.14 bits per heavy atom. The zero-order valence-electron chi connectivity index (χ0n) is 13.9. The first-order valence-electron chi connectivity index (χ1n) is 8.14. The van der Waals surface area contributed by atoms with Gasteiger partial charge in [0, 0.05) is 22.6 Å². The number of H-pyrrole nitrogens is 1. The Kier molecular flexibility index (Phi) is 5.90. The zero-order chi connectivity index (χ0) is 14.8. The second kappa shape index (κ2) is 7.49. The Hall–Kier alpha value is -1.03. The van der Waals surface area contributed by atoms with Crippen molar-refractivity contribution in [2.24, 2.45) is 0 Å². The Balaban J connectivity index is 0.00000176. The molecule has 0 radical (unpaired) electrons. The van der Waals surface area contributed by atoms with Gasteiger partial charge in [-0.3, -0.25) is 0 Å². The highest BCUT2D eigenvalue weighted by Crippen LogP contribution is 2.34. The fraction of sp³-hybridized carbons (Fsp3) is 0.556. The first kappa shape index (κ1) is 17.3. The molecule has 1 aliphatic rings. The molecule has 122 valence electrons. The van der Waals surface area contributed by atoms with Gasteiger partial charge in [0.1, 0.15) is 0 Å². The summed E-state index contributed by atoms with van der Waals surface area (Å²) in [5.41, 5.74) is 5.63. The van der Waals surface area contributed by atoms with Gasteiger partial charge in [0.25, 0.3) is 0 Å². The van der Waals surface area contributed by atoms with Gasteiger partial charge in [0.05, 0.1) is 0 Å². The number of aromatic nitrogens is 1. The maximum atomic E-state index is 3.75. The van der Waals surface area contributed by atoms with Gasteiger partial charge >= 0.3 is 0 Å². The first-order valence-corrected chi connectivity index (χ1v) is 8.14. The maximum Gasteiger partial charge on any atom is 0.0476 e. The van der Waals surface area contributed by atoms with E-state index in [0.29, 0.717) is 6.04 Å². The fourth-order valence-corrected chi connectivity index (χ4v) is 3.45. The van der Waals surface area contributed by atoms with Gasteiger partial charge in [0.15, 0.2) is 0 Å². The predicted molar refractivity (Wildman–Crippen MR) is 97.1 cm³/mol. The van der Waals surface area contributed by atoms with Crippen LogP contribution in [0.3, 0.4) is 0 Å². The minimum Gasteiger partial charge on any atom is -0.357 e. The van der Waals surface area contributed by atoms with E-state index in [1.807, 2.05) is 0 Å². The molecular formula is C18H28ClN3. The SMILES string of the molecule is Cc1ccc2[nH]c3c(c2c1)CCCC3NCCCN(C)C.Cl. The van der Waals surface area contributed by atoms with E-state index in [9.17, 15) is 0 Å². The average molecular weight is 322 g/mol. The highest BCUT2D eigenvalue weighted by molar-refractivity contribution is 5.86. The van der Waals surface area contributed by atoms with Crippen molar-refractivity contribution in [1.82, 2.24) is 15.2 Å². The molecule has 0 aliphatic heterocycles.